The van der Waals surface area contributed by atoms with Crippen molar-refractivity contribution in [1.29, 1.82) is 0 Å². The van der Waals surface area contributed by atoms with E-state index in [2.05, 4.69) is 66.7 Å². The normalized spacial score (nSPS) is 51.1. The lowest BCUT2D eigenvalue weighted by Gasteiger charge is -2.65. The Morgan fingerprint density at radius 2 is 1.68 bits per heavy atom. The van der Waals surface area contributed by atoms with Crippen molar-refractivity contribution in [3.8, 4) is 0 Å². The van der Waals surface area contributed by atoms with Crippen molar-refractivity contribution in [2.24, 2.45) is 45.3 Å². The summed E-state index contributed by atoms with van der Waals surface area (Å²) in [5.74, 6) is 1.69. The summed E-state index contributed by atoms with van der Waals surface area (Å²) in [4.78, 5) is 0. The molecule has 0 amide bonds. The van der Waals surface area contributed by atoms with E-state index in [0.717, 1.165) is 32.1 Å². The molecule has 9 heteroatoms. The van der Waals surface area contributed by atoms with Gasteiger partial charge in [0, 0.05) is 31.0 Å². The number of allylic oxidation sites excluding steroid dienone is 2. The third-order valence-electron chi connectivity index (χ3n) is 14.9. The van der Waals surface area contributed by atoms with Gasteiger partial charge in [0.25, 0.3) is 0 Å². The zero-order valence-corrected chi connectivity index (χ0v) is 30.1. The van der Waals surface area contributed by atoms with Crippen LogP contribution in [0.15, 0.2) is 23.8 Å². The number of fused-ring (bicyclic) bond motifs is 2. The molecular formula is C38H62O9. The van der Waals surface area contributed by atoms with E-state index in [1.165, 1.54) is 18.4 Å². The number of aliphatic hydroxyl groups is 4. The molecule has 16 atom stereocenters. The zero-order valence-electron chi connectivity index (χ0n) is 30.1. The van der Waals surface area contributed by atoms with Crippen LogP contribution < -0.4 is 0 Å². The van der Waals surface area contributed by atoms with Gasteiger partial charge in [-0.3, -0.25) is 0 Å². The predicted molar refractivity (Wildman–Crippen MR) is 177 cm³/mol. The summed E-state index contributed by atoms with van der Waals surface area (Å²) in [5.41, 5.74) is 0.209. The van der Waals surface area contributed by atoms with Crippen molar-refractivity contribution < 1.29 is 44.1 Å². The van der Waals surface area contributed by atoms with Crippen molar-refractivity contribution in [2.45, 2.75) is 148 Å². The molecule has 1 spiro atoms. The molecule has 3 saturated carbocycles. The first kappa shape index (κ1) is 35.9. The van der Waals surface area contributed by atoms with Crippen LogP contribution in [-0.4, -0.2) is 96.1 Å². The van der Waals surface area contributed by atoms with Crippen LogP contribution in [0.25, 0.3) is 0 Å². The molecule has 2 aliphatic heterocycles. The summed E-state index contributed by atoms with van der Waals surface area (Å²) in [5, 5.41) is 41.3. The van der Waals surface area contributed by atoms with Gasteiger partial charge in [-0.05, 0) is 87.4 Å². The molecule has 9 nitrogen and oxygen atoms in total. The Labute approximate surface area is 282 Å². The monoisotopic (exact) mass is 662 g/mol. The molecule has 0 radical (unpaired) electrons. The van der Waals surface area contributed by atoms with E-state index in [-0.39, 0.29) is 40.7 Å². The summed E-state index contributed by atoms with van der Waals surface area (Å²) in [7, 11) is 3.62. The summed E-state index contributed by atoms with van der Waals surface area (Å²) < 4.78 is 31.7. The standard InChI is InChI=1S/C38H62O9/c1-21(2)18-23(43-8)19-22(3)24-12-14-36(7)26-13-15-38-27(37(26,33(44-9)47-38)17-16-35(24,36)6)10-11-28(34(38,4)5)46-32-31(42)30(41)29(40)25(20-39)45-32/h13,15,18,22-33,39-42H,10-12,14,16-17,19-20H2,1-9H3/t22-,23+,24-,25-,26+,27+,28+,29-,30-,31-,32+,33+,35-,36+,37+,38-/m1/s1. The quantitative estimate of drug-likeness (QED) is 0.259. The third-order valence-corrected chi connectivity index (χ3v) is 14.9. The maximum Gasteiger partial charge on any atom is 0.186 e. The number of aliphatic hydroxyl groups excluding tert-OH is 4. The molecular weight excluding hydrogens is 600 g/mol. The molecule has 2 saturated heterocycles. The fourth-order valence-electron chi connectivity index (χ4n) is 12.2. The first-order chi connectivity index (χ1) is 22.1. The maximum absolute atomic E-state index is 10.8. The Bertz CT molecular complexity index is 1210. The Hall–Kier alpha value is -0.880. The van der Waals surface area contributed by atoms with Gasteiger partial charge in [-0.25, -0.2) is 0 Å². The van der Waals surface area contributed by atoms with E-state index >= 15 is 0 Å². The predicted octanol–water partition coefficient (Wildman–Crippen LogP) is 4.75. The fourth-order valence-corrected chi connectivity index (χ4v) is 12.2. The fraction of sp³-hybridized carbons (Fsp3) is 0.895. The molecule has 6 aliphatic rings. The van der Waals surface area contributed by atoms with Crippen LogP contribution >= 0.6 is 0 Å². The molecule has 268 valence electrons. The second-order valence-corrected chi connectivity index (χ2v) is 17.3. The highest BCUT2D eigenvalue weighted by Crippen LogP contribution is 2.79. The lowest BCUT2D eigenvalue weighted by molar-refractivity contribution is -0.331. The molecule has 0 unspecified atom stereocenters. The lowest BCUT2D eigenvalue weighted by atomic mass is 9.38. The number of hydrogen-bond acceptors (Lipinski definition) is 9. The third kappa shape index (κ3) is 4.95. The topological polar surface area (TPSA) is 127 Å². The van der Waals surface area contributed by atoms with Crippen LogP contribution in [0.2, 0.25) is 0 Å². The van der Waals surface area contributed by atoms with Gasteiger partial charge in [0.1, 0.15) is 30.0 Å². The summed E-state index contributed by atoms with van der Waals surface area (Å²) in [6, 6.07) is 0. The van der Waals surface area contributed by atoms with E-state index in [1.54, 1.807) is 7.11 Å². The van der Waals surface area contributed by atoms with Gasteiger partial charge >= 0.3 is 0 Å². The van der Waals surface area contributed by atoms with Crippen LogP contribution in [0.4, 0.5) is 0 Å². The zero-order chi connectivity index (χ0) is 34.3. The molecule has 4 aliphatic carbocycles. The number of hydrogen-bond donors (Lipinski definition) is 4. The number of rotatable bonds is 9. The molecule has 0 aromatic carbocycles. The largest absolute Gasteiger partial charge is 0.394 e. The first-order valence-corrected chi connectivity index (χ1v) is 18.1. The molecule has 2 heterocycles. The maximum atomic E-state index is 10.8. The second kappa shape index (κ2) is 12.4. The minimum atomic E-state index is -1.48. The summed E-state index contributed by atoms with van der Waals surface area (Å²) in [6.45, 7) is 15.7. The van der Waals surface area contributed by atoms with Gasteiger partial charge in [-0.1, -0.05) is 58.4 Å². The molecule has 47 heavy (non-hydrogen) atoms. The first-order valence-electron chi connectivity index (χ1n) is 18.1. The van der Waals surface area contributed by atoms with E-state index in [0.29, 0.717) is 17.8 Å². The molecule has 0 aromatic rings. The van der Waals surface area contributed by atoms with Crippen molar-refractivity contribution in [3.05, 3.63) is 23.8 Å². The minimum absolute atomic E-state index is 0.0875. The van der Waals surface area contributed by atoms with Crippen LogP contribution in [0.3, 0.4) is 0 Å². The average Bonchev–Trinajstić information content (AvgIpc) is 3.40. The van der Waals surface area contributed by atoms with Crippen molar-refractivity contribution in [3.63, 3.8) is 0 Å². The SMILES string of the molecule is CO[C@H]1O[C@]23C=C[C@@H]4[C@@]1(CC[C@]1(C)[C@@H]([C@H](C)C[C@H](C=C(C)C)OC)CC[C@@]41C)[C@@H]2CC[C@H](O[C@@H]1O[C@H](CO)[C@@H](O)[C@@H](O)[C@H]1O)C3(C)C. The van der Waals surface area contributed by atoms with Gasteiger partial charge < -0.3 is 44.1 Å². The Morgan fingerprint density at radius 1 is 0.957 bits per heavy atom. The van der Waals surface area contributed by atoms with E-state index in [1.807, 2.05) is 7.11 Å². The van der Waals surface area contributed by atoms with Crippen LogP contribution in [-0.2, 0) is 23.7 Å². The van der Waals surface area contributed by atoms with Crippen molar-refractivity contribution >= 4 is 0 Å². The lowest BCUT2D eigenvalue weighted by Crippen LogP contribution is -2.66. The number of ether oxygens (including phenoxy) is 5. The van der Waals surface area contributed by atoms with Gasteiger partial charge in [-0.2, -0.15) is 0 Å². The molecule has 2 bridgehead atoms. The van der Waals surface area contributed by atoms with E-state index < -0.39 is 48.3 Å². The van der Waals surface area contributed by atoms with Gasteiger partial charge in [0.05, 0.1) is 18.8 Å². The second-order valence-electron chi connectivity index (χ2n) is 17.3. The van der Waals surface area contributed by atoms with Crippen LogP contribution in [0.1, 0.15) is 93.4 Å². The number of methoxy groups -OCH3 is 2. The molecule has 5 fully saturated rings. The minimum Gasteiger partial charge on any atom is -0.394 e. The van der Waals surface area contributed by atoms with E-state index in [9.17, 15) is 20.4 Å². The van der Waals surface area contributed by atoms with Gasteiger partial charge in [0.15, 0.2) is 12.6 Å². The van der Waals surface area contributed by atoms with Gasteiger partial charge in [0.2, 0.25) is 0 Å². The Morgan fingerprint density at radius 3 is 2.32 bits per heavy atom. The molecule has 6 rings (SSSR count). The van der Waals surface area contributed by atoms with Crippen molar-refractivity contribution in [2.75, 3.05) is 20.8 Å². The Kier molecular flexibility index (Phi) is 9.49. The summed E-state index contributed by atoms with van der Waals surface area (Å²) >= 11 is 0. The average molecular weight is 663 g/mol. The molecule has 0 aromatic heterocycles. The van der Waals surface area contributed by atoms with Crippen LogP contribution in [0, 0.1) is 45.3 Å². The van der Waals surface area contributed by atoms with Crippen LogP contribution in [0.5, 0.6) is 0 Å². The Balaban J connectivity index is 1.30. The molecule has 4 N–H and O–H groups in total. The van der Waals surface area contributed by atoms with E-state index in [4.69, 9.17) is 23.7 Å². The summed E-state index contributed by atoms with van der Waals surface area (Å²) in [6.07, 6.45) is 7.16. The highest BCUT2D eigenvalue weighted by Gasteiger charge is 2.78. The van der Waals surface area contributed by atoms with Crippen molar-refractivity contribution in [1.82, 2.24) is 0 Å². The smallest absolute Gasteiger partial charge is 0.186 e. The van der Waals surface area contributed by atoms with Gasteiger partial charge in [-0.15, -0.1) is 0 Å². The highest BCUT2D eigenvalue weighted by atomic mass is 16.7. The highest BCUT2D eigenvalue weighted by molar-refractivity contribution is 5.34.